The van der Waals surface area contributed by atoms with Crippen LogP contribution in [-0.4, -0.2) is 24.5 Å². The van der Waals surface area contributed by atoms with E-state index in [0.29, 0.717) is 0 Å². The number of carbonyl (C=O) groups is 2. The number of hydrogen-bond donors (Lipinski definition) is 2. The Morgan fingerprint density at radius 1 is 0.917 bits per heavy atom. The van der Waals surface area contributed by atoms with E-state index in [0.717, 1.165) is 6.07 Å². The van der Waals surface area contributed by atoms with Gasteiger partial charge in [0, 0.05) is 16.8 Å². The molecule has 0 aliphatic carbocycles. The third-order valence-electron chi connectivity index (χ3n) is 2.92. The predicted molar refractivity (Wildman–Crippen MR) is 79.2 cm³/mol. The Bertz CT molecular complexity index is 760. The zero-order valence-electron chi connectivity index (χ0n) is 12.2. The van der Waals surface area contributed by atoms with Gasteiger partial charge in [0.15, 0.2) is 0 Å². The molecule has 0 saturated heterocycles. The summed E-state index contributed by atoms with van der Waals surface area (Å²) in [6.45, 7) is -1.45. The maximum atomic E-state index is 13.1. The summed E-state index contributed by atoms with van der Waals surface area (Å²) in [6.07, 6.45) is -4.52. The SMILES string of the molecule is O=C(NCC(F)(F)F)c1cccc(NC(=O)c2cccc(F)c2)c1. The maximum Gasteiger partial charge on any atom is 0.405 e. The first-order chi connectivity index (χ1) is 11.2. The maximum absolute atomic E-state index is 13.1. The Balaban J connectivity index is 2.07. The number of hydrogen-bond acceptors (Lipinski definition) is 2. The second-order valence-electron chi connectivity index (χ2n) is 4.84. The van der Waals surface area contributed by atoms with Crippen molar-refractivity contribution in [3.63, 3.8) is 0 Å². The van der Waals surface area contributed by atoms with E-state index in [4.69, 9.17) is 0 Å². The third-order valence-corrected chi connectivity index (χ3v) is 2.92. The number of alkyl halides is 3. The van der Waals surface area contributed by atoms with Crippen LogP contribution in [0.2, 0.25) is 0 Å². The molecule has 0 unspecified atom stereocenters. The van der Waals surface area contributed by atoms with Gasteiger partial charge in [0.1, 0.15) is 12.4 Å². The molecule has 0 fully saturated rings. The molecule has 8 heteroatoms. The molecule has 2 N–H and O–H groups in total. The molecular weight excluding hydrogens is 328 g/mol. The molecule has 2 rings (SSSR count). The molecule has 0 spiro atoms. The van der Waals surface area contributed by atoms with E-state index in [2.05, 4.69) is 5.32 Å². The highest BCUT2D eigenvalue weighted by Gasteiger charge is 2.27. The number of amides is 2. The number of anilines is 1. The highest BCUT2D eigenvalue weighted by molar-refractivity contribution is 6.05. The zero-order valence-corrected chi connectivity index (χ0v) is 12.2. The van der Waals surface area contributed by atoms with E-state index < -0.39 is 30.4 Å². The van der Waals surface area contributed by atoms with Crippen molar-refractivity contribution >= 4 is 17.5 Å². The Kier molecular flexibility index (Phi) is 5.18. The smallest absolute Gasteiger partial charge is 0.343 e. The molecule has 2 amide bonds. The van der Waals surface area contributed by atoms with E-state index in [9.17, 15) is 27.2 Å². The van der Waals surface area contributed by atoms with Crippen molar-refractivity contribution in [2.45, 2.75) is 6.18 Å². The van der Waals surface area contributed by atoms with Crippen LogP contribution in [0.15, 0.2) is 48.5 Å². The molecule has 0 bridgehead atoms. The summed E-state index contributed by atoms with van der Waals surface area (Å²) in [7, 11) is 0. The number of carbonyl (C=O) groups excluding carboxylic acids is 2. The largest absolute Gasteiger partial charge is 0.405 e. The van der Waals surface area contributed by atoms with Gasteiger partial charge in [-0.05, 0) is 36.4 Å². The van der Waals surface area contributed by atoms with Gasteiger partial charge in [-0.1, -0.05) is 12.1 Å². The molecule has 0 heterocycles. The summed E-state index contributed by atoms with van der Waals surface area (Å²) in [5.41, 5.74) is 0.224. The highest BCUT2D eigenvalue weighted by Crippen LogP contribution is 2.15. The molecular formula is C16H12F4N2O2. The van der Waals surface area contributed by atoms with Gasteiger partial charge in [-0.25, -0.2) is 4.39 Å². The summed E-state index contributed by atoms with van der Waals surface area (Å²) >= 11 is 0. The summed E-state index contributed by atoms with van der Waals surface area (Å²) < 4.78 is 49.4. The molecule has 2 aromatic rings. The Morgan fingerprint density at radius 3 is 2.17 bits per heavy atom. The first-order valence-corrected chi connectivity index (χ1v) is 6.76. The average molecular weight is 340 g/mol. The van der Waals surface area contributed by atoms with Crippen molar-refractivity contribution in [3.8, 4) is 0 Å². The minimum absolute atomic E-state index is 0.0451. The molecule has 0 aromatic heterocycles. The molecule has 0 saturated carbocycles. The quantitative estimate of drug-likeness (QED) is 0.839. The van der Waals surface area contributed by atoms with Gasteiger partial charge in [-0.15, -0.1) is 0 Å². The fourth-order valence-corrected chi connectivity index (χ4v) is 1.85. The Hall–Kier alpha value is -2.90. The van der Waals surface area contributed by atoms with Crippen LogP contribution in [-0.2, 0) is 0 Å². The van der Waals surface area contributed by atoms with Crippen molar-refractivity contribution in [2.75, 3.05) is 11.9 Å². The molecule has 24 heavy (non-hydrogen) atoms. The first-order valence-electron chi connectivity index (χ1n) is 6.76. The van der Waals surface area contributed by atoms with Gasteiger partial charge in [-0.2, -0.15) is 13.2 Å². The van der Waals surface area contributed by atoms with E-state index >= 15 is 0 Å². The average Bonchev–Trinajstić information content (AvgIpc) is 2.52. The van der Waals surface area contributed by atoms with Crippen LogP contribution >= 0.6 is 0 Å². The number of benzene rings is 2. The molecule has 2 aromatic carbocycles. The Labute approximate surface area is 134 Å². The lowest BCUT2D eigenvalue weighted by atomic mass is 10.1. The van der Waals surface area contributed by atoms with Crippen molar-refractivity contribution in [1.29, 1.82) is 0 Å². The fraction of sp³-hybridized carbons (Fsp3) is 0.125. The minimum Gasteiger partial charge on any atom is -0.343 e. The minimum atomic E-state index is -4.52. The molecule has 0 atom stereocenters. The molecule has 0 aliphatic heterocycles. The predicted octanol–water partition coefficient (Wildman–Crippen LogP) is 3.37. The topological polar surface area (TPSA) is 58.2 Å². The second-order valence-corrected chi connectivity index (χ2v) is 4.84. The van der Waals surface area contributed by atoms with Crippen molar-refractivity contribution in [3.05, 3.63) is 65.5 Å². The van der Waals surface area contributed by atoms with Gasteiger partial charge in [0.05, 0.1) is 0 Å². The molecule has 0 radical (unpaired) electrons. The summed E-state index contributed by atoms with van der Waals surface area (Å²) in [5.74, 6) is -2.11. The number of nitrogens with one attached hydrogen (secondary N) is 2. The lowest BCUT2D eigenvalue weighted by Gasteiger charge is -2.10. The lowest BCUT2D eigenvalue weighted by molar-refractivity contribution is -0.123. The van der Waals surface area contributed by atoms with Crippen LogP contribution in [0.4, 0.5) is 23.2 Å². The summed E-state index contributed by atoms with van der Waals surface area (Å²) in [6, 6.07) is 10.4. The fourth-order valence-electron chi connectivity index (χ4n) is 1.85. The Morgan fingerprint density at radius 2 is 1.54 bits per heavy atom. The van der Waals surface area contributed by atoms with Crippen molar-refractivity contribution in [1.82, 2.24) is 5.32 Å². The van der Waals surface area contributed by atoms with Crippen LogP contribution in [0.3, 0.4) is 0 Å². The third kappa shape index (κ3) is 5.08. The van der Waals surface area contributed by atoms with Crippen LogP contribution in [0.25, 0.3) is 0 Å². The highest BCUT2D eigenvalue weighted by atomic mass is 19.4. The van der Waals surface area contributed by atoms with Crippen molar-refractivity contribution < 1.29 is 27.2 Å². The van der Waals surface area contributed by atoms with Crippen LogP contribution in [0.5, 0.6) is 0 Å². The molecule has 126 valence electrons. The monoisotopic (exact) mass is 340 g/mol. The number of rotatable bonds is 4. The normalized spacial score (nSPS) is 11.0. The van der Waals surface area contributed by atoms with Gasteiger partial charge in [0.25, 0.3) is 11.8 Å². The van der Waals surface area contributed by atoms with E-state index in [-0.39, 0.29) is 16.8 Å². The molecule has 0 aliphatic rings. The molecule has 4 nitrogen and oxygen atoms in total. The van der Waals surface area contributed by atoms with E-state index in [1.54, 1.807) is 5.32 Å². The van der Waals surface area contributed by atoms with Crippen molar-refractivity contribution in [2.24, 2.45) is 0 Å². The van der Waals surface area contributed by atoms with Crippen LogP contribution in [0, 0.1) is 5.82 Å². The zero-order chi connectivity index (χ0) is 17.7. The van der Waals surface area contributed by atoms with Gasteiger partial charge in [0.2, 0.25) is 0 Å². The van der Waals surface area contributed by atoms with Gasteiger partial charge >= 0.3 is 6.18 Å². The van der Waals surface area contributed by atoms with E-state index in [1.807, 2.05) is 0 Å². The standard InChI is InChI=1S/C16H12F4N2O2/c17-12-5-1-3-10(7-12)15(24)22-13-6-2-4-11(8-13)14(23)21-9-16(18,19)20/h1-8H,9H2,(H,21,23)(H,22,24). The second kappa shape index (κ2) is 7.12. The number of halogens is 4. The first kappa shape index (κ1) is 17.5. The van der Waals surface area contributed by atoms with E-state index in [1.165, 1.54) is 42.5 Å². The van der Waals surface area contributed by atoms with Crippen LogP contribution in [0.1, 0.15) is 20.7 Å². The summed E-state index contributed by atoms with van der Waals surface area (Å²) in [5, 5.41) is 4.18. The van der Waals surface area contributed by atoms with Gasteiger partial charge in [-0.3, -0.25) is 9.59 Å². The van der Waals surface area contributed by atoms with Crippen LogP contribution < -0.4 is 10.6 Å². The summed E-state index contributed by atoms with van der Waals surface area (Å²) in [4.78, 5) is 23.6. The lowest BCUT2D eigenvalue weighted by Crippen LogP contribution is -2.33. The van der Waals surface area contributed by atoms with Gasteiger partial charge < -0.3 is 10.6 Å².